The molecule has 0 N–H and O–H groups in total. The van der Waals surface area contributed by atoms with E-state index in [9.17, 15) is 4.39 Å². The molecule has 0 spiro atoms. The Morgan fingerprint density at radius 3 is 1.59 bits per heavy atom. The molecular formula is C33H35F. The molecule has 0 nitrogen and oxygen atoms in total. The summed E-state index contributed by atoms with van der Waals surface area (Å²) in [4.78, 5) is 0. The van der Waals surface area contributed by atoms with Crippen LogP contribution in [-0.2, 0) is 12.8 Å². The van der Waals surface area contributed by atoms with Gasteiger partial charge in [-0.2, -0.15) is 0 Å². The van der Waals surface area contributed by atoms with E-state index in [0.717, 1.165) is 41.5 Å². The minimum Gasteiger partial charge on any atom is -0.206 e. The van der Waals surface area contributed by atoms with Gasteiger partial charge in [-0.3, -0.25) is 0 Å². The van der Waals surface area contributed by atoms with Crippen LogP contribution in [0.25, 0.3) is 0 Å². The minimum atomic E-state index is -0.237. The van der Waals surface area contributed by atoms with Crippen molar-refractivity contribution in [3.8, 4) is 23.7 Å². The van der Waals surface area contributed by atoms with Crippen molar-refractivity contribution in [3.05, 3.63) is 106 Å². The smallest absolute Gasteiger partial charge is 0.139 e. The molecule has 1 heteroatoms. The van der Waals surface area contributed by atoms with Crippen LogP contribution in [0.3, 0.4) is 0 Å². The van der Waals surface area contributed by atoms with Crippen molar-refractivity contribution >= 4 is 0 Å². The Labute approximate surface area is 205 Å². The number of hydrogen-bond acceptors (Lipinski definition) is 0. The van der Waals surface area contributed by atoms with E-state index in [0.29, 0.717) is 5.56 Å². The van der Waals surface area contributed by atoms with E-state index >= 15 is 0 Å². The molecule has 3 rings (SSSR count). The van der Waals surface area contributed by atoms with E-state index in [4.69, 9.17) is 0 Å². The maximum absolute atomic E-state index is 14.4. The van der Waals surface area contributed by atoms with Crippen LogP contribution in [0.1, 0.15) is 92.2 Å². The van der Waals surface area contributed by atoms with Gasteiger partial charge >= 0.3 is 0 Å². The molecule has 0 aliphatic heterocycles. The minimum absolute atomic E-state index is 0.237. The number of hydrogen-bond donors (Lipinski definition) is 0. The largest absolute Gasteiger partial charge is 0.206 e. The summed E-state index contributed by atoms with van der Waals surface area (Å²) >= 11 is 0. The van der Waals surface area contributed by atoms with Gasteiger partial charge in [-0.25, -0.2) is 4.39 Å². The van der Waals surface area contributed by atoms with Gasteiger partial charge in [-0.05, 0) is 85.3 Å². The normalized spacial score (nSPS) is 10.2. The van der Waals surface area contributed by atoms with Crippen LogP contribution in [-0.4, -0.2) is 0 Å². The maximum atomic E-state index is 14.4. The Balaban J connectivity index is 1.57. The first-order valence-electron chi connectivity index (χ1n) is 12.7. The number of benzene rings is 3. The average molecular weight is 451 g/mol. The molecule has 0 aliphatic carbocycles. The zero-order valence-electron chi connectivity index (χ0n) is 20.6. The lowest BCUT2D eigenvalue weighted by Crippen LogP contribution is -1.90. The summed E-state index contributed by atoms with van der Waals surface area (Å²) in [5.41, 5.74) is 5.68. The van der Waals surface area contributed by atoms with Crippen molar-refractivity contribution in [3.63, 3.8) is 0 Å². The fraction of sp³-hybridized carbons (Fsp3) is 0.333. The third kappa shape index (κ3) is 8.57. The van der Waals surface area contributed by atoms with Crippen LogP contribution in [0.2, 0.25) is 0 Å². The van der Waals surface area contributed by atoms with Crippen LogP contribution in [0, 0.1) is 29.5 Å². The van der Waals surface area contributed by atoms with Gasteiger partial charge in [-0.15, -0.1) is 0 Å². The van der Waals surface area contributed by atoms with Crippen molar-refractivity contribution in [2.75, 3.05) is 0 Å². The molecule has 3 aromatic carbocycles. The molecule has 0 fully saturated rings. The van der Waals surface area contributed by atoms with Gasteiger partial charge < -0.3 is 0 Å². The molecule has 174 valence electrons. The summed E-state index contributed by atoms with van der Waals surface area (Å²) < 4.78 is 14.4. The molecule has 0 radical (unpaired) electrons. The van der Waals surface area contributed by atoms with Crippen molar-refractivity contribution < 1.29 is 4.39 Å². The van der Waals surface area contributed by atoms with Crippen molar-refractivity contribution in [1.29, 1.82) is 0 Å². The quantitative estimate of drug-likeness (QED) is 0.226. The van der Waals surface area contributed by atoms with E-state index in [1.807, 2.05) is 30.3 Å². The van der Waals surface area contributed by atoms with E-state index < -0.39 is 0 Å². The summed E-state index contributed by atoms with van der Waals surface area (Å²) in [7, 11) is 0. The van der Waals surface area contributed by atoms with Crippen LogP contribution >= 0.6 is 0 Å². The monoisotopic (exact) mass is 450 g/mol. The molecule has 0 saturated heterocycles. The summed E-state index contributed by atoms with van der Waals surface area (Å²) in [6, 6.07) is 21.8. The zero-order chi connectivity index (χ0) is 24.0. The molecule has 0 heterocycles. The van der Waals surface area contributed by atoms with E-state index in [1.54, 1.807) is 12.1 Å². The number of rotatable bonds is 9. The first kappa shape index (κ1) is 25.3. The third-order valence-electron chi connectivity index (χ3n) is 5.95. The summed E-state index contributed by atoms with van der Waals surface area (Å²) in [6.07, 6.45) is 10.6. The first-order valence-corrected chi connectivity index (χ1v) is 12.7. The highest BCUT2D eigenvalue weighted by Gasteiger charge is 2.02. The predicted octanol–water partition coefficient (Wildman–Crippen LogP) is 8.48. The van der Waals surface area contributed by atoms with Gasteiger partial charge in [0.15, 0.2) is 0 Å². The molecule has 0 bridgehead atoms. The van der Waals surface area contributed by atoms with Crippen molar-refractivity contribution in [1.82, 2.24) is 0 Å². The van der Waals surface area contributed by atoms with Gasteiger partial charge in [0.1, 0.15) is 5.82 Å². The second kappa shape index (κ2) is 14.1. The molecule has 0 atom stereocenters. The van der Waals surface area contributed by atoms with Crippen molar-refractivity contribution in [2.45, 2.75) is 71.6 Å². The highest BCUT2D eigenvalue weighted by Crippen LogP contribution is 2.14. The van der Waals surface area contributed by atoms with Crippen LogP contribution in [0.5, 0.6) is 0 Å². The van der Waals surface area contributed by atoms with E-state index in [2.05, 4.69) is 61.8 Å². The van der Waals surface area contributed by atoms with Gasteiger partial charge in [0.05, 0.1) is 5.56 Å². The summed E-state index contributed by atoms with van der Waals surface area (Å²) in [5, 5.41) is 0. The Morgan fingerprint density at radius 1 is 0.529 bits per heavy atom. The fourth-order valence-electron chi connectivity index (χ4n) is 3.83. The van der Waals surface area contributed by atoms with E-state index in [1.165, 1.54) is 44.1 Å². The molecule has 3 aromatic rings. The van der Waals surface area contributed by atoms with Gasteiger partial charge in [-0.1, -0.05) is 87.8 Å². The van der Waals surface area contributed by atoms with Crippen LogP contribution < -0.4 is 0 Å². The number of halogens is 1. The predicted molar refractivity (Wildman–Crippen MR) is 142 cm³/mol. The van der Waals surface area contributed by atoms with Crippen LogP contribution in [0.4, 0.5) is 4.39 Å². The lowest BCUT2D eigenvalue weighted by Gasteiger charge is -2.02. The van der Waals surface area contributed by atoms with Gasteiger partial charge in [0, 0.05) is 16.7 Å². The molecule has 0 amide bonds. The lowest BCUT2D eigenvalue weighted by atomic mass is 10.0. The molecule has 34 heavy (non-hydrogen) atoms. The van der Waals surface area contributed by atoms with Gasteiger partial charge in [0.25, 0.3) is 0 Å². The van der Waals surface area contributed by atoms with E-state index in [-0.39, 0.29) is 5.82 Å². The van der Waals surface area contributed by atoms with Gasteiger partial charge in [0.2, 0.25) is 0 Å². The number of aryl methyl sites for hydroxylation is 2. The average Bonchev–Trinajstić information content (AvgIpc) is 2.86. The summed E-state index contributed by atoms with van der Waals surface area (Å²) in [5.74, 6) is 12.3. The molecule has 0 aromatic heterocycles. The third-order valence-corrected chi connectivity index (χ3v) is 5.95. The topological polar surface area (TPSA) is 0 Å². The highest BCUT2D eigenvalue weighted by molar-refractivity contribution is 5.48. The maximum Gasteiger partial charge on any atom is 0.139 e. The second-order valence-electron chi connectivity index (χ2n) is 8.86. The molecule has 0 unspecified atom stereocenters. The Hall–Kier alpha value is -3.29. The SMILES string of the molecule is CCCCCCc1ccc(C#Cc2ccc(C#Cc3ccc(CCCCC)cc3)cc2)c(F)c1. The van der Waals surface area contributed by atoms with Crippen LogP contribution in [0.15, 0.2) is 66.7 Å². The Bertz CT molecular complexity index is 1150. The Morgan fingerprint density at radius 2 is 1.00 bits per heavy atom. The molecular weight excluding hydrogens is 415 g/mol. The van der Waals surface area contributed by atoms with Crippen molar-refractivity contribution in [2.24, 2.45) is 0 Å². The zero-order valence-corrected chi connectivity index (χ0v) is 20.6. The highest BCUT2D eigenvalue weighted by atomic mass is 19.1. The molecule has 0 aliphatic rings. The number of unbranched alkanes of at least 4 members (excludes halogenated alkanes) is 5. The summed E-state index contributed by atoms with van der Waals surface area (Å²) in [6.45, 7) is 4.43. The molecule has 0 saturated carbocycles. The first-order chi connectivity index (χ1) is 16.7. The fourth-order valence-corrected chi connectivity index (χ4v) is 3.83. The lowest BCUT2D eigenvalue weighted by molar-refractivity contribution is 0.618. The second-order valence-corrected chi connectivity index (χ2v) is 8.86. The Kier molecular flexibility index (Phi) is 10.5. The standard InChI is InChI=1S/C33H35F/c1-3-5-7-9-11-31-23-25-32(33(34)26-31)24-22-30-20-18-29(19-21-30)17-16-28-14-12-27(13-15-28)10-8-6-4-2/h12-15,18-21,23,25-26H,3-11H2,1-2H3.